The van der Waals surface area contributed by atoms with Crippen LogP contribution in [0.3, 0.4) is 0 Å². The predicted molar refractivity (Wildman–Crippen MR) is 117 cm³/mol. The topological polar surface area (TPSA) is 96.7 Å². The molecule has 1 aromatic heterocycles. The Morgan fingerprint density at radius 2 is 1.66 bits per heavy atom. The largest absolute Gasteiger partial charge is 0.457 e. The van der Waals surface area contributed by atoms with Crippen LogP contribution in [0.5, 0.6) is 0 Å². The Hall–Kier alpha value is -4.26. The molecule has 2 aliphatic rings. The highest BCUT2D eigenvalue weighted by Crippen LogP contribution is 2.30. The van der Waals surface area contributed by atoms with Gasteiger partial charge in [-0.25, -0.2) is 0 Å². The Morgan fingerprint density at radius 3 is 2.44 bits per heavy atom. The Kier molecular flexibility index (Phi) is 4.41. The summed E-state index contributed by atoms with van der Waals surface area (Å²) < 4.78 is 5.81. The summed E-state index contributed by atoms with van der Waals surface area (Å²) in [5.74, 6) is -0.722. The summed E-state index contributed by atoms with van der Waals surface area (Å²) in [7, 11) is 0. The molecule has 1 fully saturated rings. The van der Waals surface area contributed by atoms with Crippen LogP contribution < -0.4 is 10.2 Å². The van der Waals surface area contributed by atoms with E-state index in [0.717, 1.165) is 11.1 Å². The quantitative estimate of drug-likeness (QED) is 0.393. The summed E-state index contributed by atoms with van der Waals surface area (Å²) in [6.45, 7) is 3.93. The van der Waals surface area contributed by atoms with Crippen LogP contribution in [0.2, 0.25) is 0 Å². The normalized spacial score (nSPS) is 16.8. The van der Waals surface area contributed by atoms with E-state index in [1.807, 2.05) is 32.0 Å². The van der Waals surface area contributed by atoms with E-state index in [0.29, 0.717) is 28.3 Å². The number of hydrogen-bond donors (Lipinski definition) is 1. The maximum Gasteiger partial charge on any atom is 0.262 e. The third-order valence-corrected chi connectivity index (χ3v) is 5.81. The number of imide groups is 1. The molecule has 0 aliphatic carbocycles. The van der Waals surface area contributed by atoms with Crippen LogP contribution in [0.4, 0.5) is 5.69 Å². The van der Waals surface area contributed by atoms with Crippen molar-refractivity contribution in [2.75, 3.05) is 11.4 Å². The van der Waals surface area contributed by atoms with Gasteiger partial charge in [0.25, 0.3) is 17.7 Å². The van der Waals surface area contributed by atoms with Crippen molar-refractivity contribution < 1.29 is 23.6 Å². The Balaban J connectivity index is 1.43. The van der Waals surface area contributed by atoms with Gasteiger partial charge in [-0.15, -0.1) is 0 Å². The highest BCUT2D eigenvalue weighted by atomic mass is 16.3. The number of nitrogens with one attached hydrogen (secondary N) is 1. The molecule has 5 rings (SSSR count). The van der Waals surface area contributed by atoms with Gasteiger partial charge in [0.15, 0.2) is 5.78 Å². The molecule has 0 unspecified atom stereocenters. The molecule has 2 aromatic carbocycles. The van der Waals surface area contributed by atoms with Crippen LogP contribution in [0.25, 0.3) is 17.4 Å². The van der Waals surface area contributed by atoms with Gasteiger partial charge in [0.05, 0.1) is 23.2 Å². The van der Waals surface area contributed by atoms with Crippen molar-refractivity contribution in [1.29, 1.82) is 0 Å². The summed E-state index contributed by atoms with van der Waals surface area (Å²) in [5, 5.41) is 2.25. The Bertz CT molecular complexity index is 1380. The second-order valence-electron chi connectivity index (χ2n) is 7.89. The molecule has 1 N–H and O–H groups in total. The number of anilines is 1. The van der Waals surface area contributed by atoms with Gasteiger partial charge < -0.3 is 9.32 Å². The molecule has 2 aliphatic heterocycles. The predicted octanol–water partition coefficient (Wildman–Crippen LogP) is 3.45. The van der Waals surface area contributed by atoms with E-state index in [1.165, 1.54) is 11.0 Å². The first-order valence-corrected chi connectivity index (χ1v) is 10.1. The van der Waals surface area contributed by atoms with Gasteiger partial charge in [-0.3, -0.25) is 24.5 Å². The minimum absolute atomic E-state index is 0.0192. The van der Waals surface area contributed by atoms with Crippen molar-refractivity contribution in [1.82, 2.24) is 5.32 Å². The van der Waals surface area contributed by atoms with E-state index in [4.69, 9.17) is 4.42 Å². The first-order valence-electron chi connectivity index (χ1n) is 10.1. The molecule has 32 heavy (non-hydrogen) atoms. The van der Waals surface area contributed by atoms with Crippen molar-refractivity contribution in [3.05, 3.63) is 82.1 Å². The Labute approximate surface area is 183 Å². The maximum atomic E-state index is 12.9. The molecule has 0 spiro atoms. The third kappa shape index (κ3) is 3.15. The third-order valence-electron chi connectivity index (χ3n) is 5.81. The van der Waals surface area contributed by atoms with Crippen molar-refractivity contribution in [2.45, 2.75) is 13.8 Å². The van der Waals surface area contributed by atoms with E-state index in [2.05, 4.69) is 5.32 Å². The van der Waals surface area contributed by atoms with Gasteiger partial charge in [-0.05, 0) is 67.4 Å². The van der Waals surface area contributed by atoms with Gasteiger partial charge in [-0.2, -0.15) is 0 Å². The van der Waals surface area contributed by atoms with E-state index in [9.17, 15) is 19.2 Å². The van der Waals surface area contributed by atoms with Crippen LogP contribution in [-0.4, -0.2) is 30.0 Å². The molecular formula is C25H18N2O5. The van der Waals surface area contributed by atoms with Crippen molar-refractivity contribution in [3.63, 3.8) is 0 Å². The van der Waals surface area contributed by atoms with Gasteiger partial charge in [-0.1, -0.05) is 12.1 Å². The van der Waals surface area contributed by atoms with Gasteiger partial charge in [0, 0.05) is 11.3 Å². The van der Waals surface area contributed by atoms with E-state index in [1.54, 1.807) is 30.3 Å². The van der Waals surface area contributed by atoms with Crippen molar-refractivity contribution in [2.24, 2.45) is 0 Å². The highest BCUT2D eigenvalue weighted by molar-refractivity contribution is 6.34. The van der Waals surface area contributed by atoms with Crippen molar-refractivity contribution >= 4 is 35.3 Å². The zero-order valence-electron chi connectivity index (χ0n) is 17.4. The summed E-state index contributed by atoms with van der Waals surface area (Å²) in [6, 6.07) is 13.8. The maximum absolute atomic E-state index is 12.9. The van der Waals surface area contributed by atoms with Gasteiger partial charge in [0.2, 0.25) is 0 Å². The van der Waals surface area contributed by atoms with Crippen LogP contribution in [0.1, 0.15) is 37.6 Å². The minimum atomic E-state index is -0.450. The second-order valence-corrected chi connectivity index (χ2v) is 7.89. The standard InChI is InChI=1S/C25H18N2O5/c1-13-3-5-16(9-14(13)2)27-12-21(28)20(25(27)31)11-17-6-8-22(32-17)15-4-7-18-19(10-15)24(30)26-23(18)29/h3-11H,12H2,1-2H3,(H,26,29,30)/b20-11+. The van der Waals surface area contributed by atoms with Crippen LogP contribution in [0.15, 0.2) is 58.5 Å². The number of Topliss-reactive ketones (excluding diaryl/α,β-unsaturated/α-hetero) is 1. The summed E-state index contributed by atoms with van der Waals surface area (Å²) in [4.78, 5) is 50.5. The van der Waals surface area contributed by atoms with Gasteiger partial charge >= 0.3 is 0 Å². The number of benzene rings is 2. The van der Waals surface area contributed by atoms with E-state index in [-0.39, 0.29) is 29.4 Å². The monoisotopic (exact) mass is 426 g/mol. The van der Waals surface area contributed by atoms with Crippen molar-refractivity contribution in [3.8, 4) is 11.3 Å². The molecule has 158 valence electrons. The van der Waals surface area contributed by atoms with Crippen LogP contribution in [-0.2, 0) is 9.59 Å². The fourth-order valence-corrected chi connectivity index (χ4v) is 3.86. The second kappa shape index (κ2) is 7.16. The summed E-state index contributed by atoms with van der Waals surface area (Å²) >= 11 is 0. The number of aryl methyl sites for hydroxylation is 2. The number of rotatable bonds is 3. The Morgan fingerprint density at radius 1 is 0.875 bits per heavy atom. The molecule has 0 saturated carbocycles. The fourth-order valence-electron chi connectivity index (χ4n) is 3.86. The fraction of sp³-hybridized carbons (Fsp3) is 0.120. The minimum Gasteiger partial charge on any atom is -0.457 e. The average Bonchev–Trinajstić information content (AvgIpc) is 3.43. The lowest BCUT2D eigenvalue weighted by Crippen LogP contribution is -2.24. The average molecular weight is 426 g/mol. The highest BCUT2D eigenvalue weighted by Gasteiger charge is 2.35. The molecule has 7 nitrogen and oxygen atoms in total. The smallest absolute Gasteiger partial charge is 0.262 e. The molecule has 0 bridgehead atoms. The molecule has 7 heteroatoms. The summed E-state index contributed by atoms with van der Waals surface area (Å²) in [5.41, 5.74) is 4.11. The molecular weight excluding hydrogens is 408 g/mol. The molecule has 3 aromatic rings. The zero-order valence-corrected chi connectivity index (χ0v) is 17.4. The number of nitrogens with zero attached hydrogens (tertiary/aromatic N) is 1. The number of carbonyl (C=O) groups excluding carboxylic acids is 4. The molecule has 1 saturated heterocycles. The van der Waals surface area contributed by atoms with E-state index >= 15 is 0 Å². The molecule has 0 radical (unpaired) electrons. The number of carbonyl (C=O) groups is 4. The number of ketones is 1. The van der Waals surface area contributed by atoms with Crippen LogP contribution >= 0.6 is 0 Å². The number of hydrogen-bond acceptors (Lipinski definition) is 5. The summed E-state index contributed by atoms with van der Waals surface area (Å²) in [6.07, 6.45) is 1.44. The number of furan rings is 1. The lowest BCUT2D eigenvalue weighted by atomic mass is 10.0. The van der Waals surface area contributed by atoms with E-state index < -0.39 is 11.8 Å². The molecule has 0 atom stereocenters. The van der Waals surface area contributed by atoms with Gasteiger partial charge in [0.1, 0.15) is 11.5 Å². The first kappa shape index (κ1) is 19.7. The molecule has 3 amide bonds. The SMILES string of the molecule is Cc1ccc(N2CC(=O)/C(=C\c3ccc(-c4ccc5c(c4)C(=O)NC5=O)o3)C2=O)cc1C. The zero-order chi connectivity index (χ0) is 22.6. The number of amides is 3. The number of fused-ring (bicyclic) bond motifs is 1. The lowest BCUT2D eigenvalue weighted by Gasteiger charge is -2.15. The first-order chi connectivity index (χ1) is 15.3. The lowest BCUT2D eigenvalue weighted by molar-refractivity contribution is -0.116. The molecule has 3 heterocycles. The van der Waals surface area contributed by atoms with Crippen LogP contribution in [0, 0.1) is 13.8 Å².